The summed E-state index contributed by atoms with van der Waals surface area (Å²) in [6.45, 7) is 5.22. The summed E-state index contributed by atoms with van der Waals surface area (Å²) in [6.07, 6.45) is 1.05. The van der Waals surface area contributed by atoms with Gasteiger partial charge >= 0.3 is 0 Å². The highest BCUT2D eigenvalue weighted by atomic mass is 32.5. The highest BCUT2D eigenvalue weighted by molar-refractivity contribution is 8.06. The van der Waals surface area contributed by atoms with E-state index in [4.69, 9.17) is 59.7 Å². The van der Waals surface area contributed by atoms with E-state index in [2.05, 4.69) is 20.6 Å². The van der Waals surface area contributed by atoms with Gasteiger partial charge in [0.1, 0.15) is 34.7 Å². The monoisotopic (exact) mass is 1110 g/mol. The van der Waals surface area contributed by atoms with Gasteiger partial charge in [-0.3, -0.25) is 18.9 Å². The largest absolute Gasteiger partial charge is 0.780 e. The lowest BCUT2D eigenvalue weighted by molar-refractivity contribution is -0.208. The molecule has 1 heterocycles. The molecule has 74 heavy (non-hydrogen) atoms. The quantitative estimate of drug-likeness (QED) is 0.0143. The zero-order valence-corrected chi connectivity index (χ0v) is 44.5. The van der Waals surface area contributed by atoms with Crippen LogP contribution in [0.3, 0.4) is 0 Å². The van der Waals surface area contributed by atoms with Crippen molar-refractivity contribution >= 4 is 72.4 Å². The Morgan fingerprint density at radius 3 is 1.81 bits per heavy atom. The molecular formula is C46H62N6O18PS3-. The molecule has 2 unspecified atom stereocenters. The Kier molecular flexibility index (Phi) is 24.2. The molecule has 24 nitrogen and oxygen atoms in total. The molecule has 5 N–H and O–H groups in total. The number of anilines is 1. The van der Waals surface area contributed by atoms with Crippen molar-refractivity contribution in [2.75, 3.05) is 119 Å². The van der Waals surface area contributed by atoms with Gasteiger partial charge in [-0.1, -0.05) is 47.4 Å². The van der Waals surface area contributed by atoms with Crippen LogP contribution in [-0.4, -0.2) is 161 Å². The van der Waals surface area contributed by atoms with Crippen molar-refractivity contribution in [3.63, 3.8) is 0 Å². The molecule has 28 heteroatoms. The fourth-order valence-electron chi connectivity index (χ4n) is 7.16. The third-order valence-electron chi connectivity index (χ3n) is 10.9. The number of ketones is 1. The van der Waals surface area contributed by atoms with E-state index in [1.165, 1.54) is 6.07 Å². The molecule has 0 saturated carbocycles. The number of nitrogens with two attached hydrogens (primary N) is 1. The highest BCUT2D eigenvalue weighted by Crippen LogP contribution is 2.44. The van der Waals surface area contributed by atoms with Crippen molar-refractivity contribution in [2.45, 2.75) is 48.9 Å². The zero-order chi connectivity index (χ0) is 53.7. The molecule has 408 valence electrons. The predicted octanol–water partition coefficient (Wildman–Crippen LogP) is 5.58. The fraction of sp³-hybridized carbons (Fsp3) is 0.500. The van der Waals surface area contributed by atoms with Gasteiger partial charge in [-0.2, -0.15) is 27.1 Å². The molecule has 0 saturated heterocycles. The van der Waals surface area contributed by atoms with E-state index in [1.54, 1.807) is 25.1 Å². The molecular weight excluding hydrogens is 1050 g/mol. The minimum Gasteiger partial charge on any atom is -0.780 e. The normalized spacial score (nSPS) is 14.9. The second kappa shape index (κ2) is 29.7. The summed E-state index contributed by atoms with van der Waals surface area (Å²) in [5.74, 6) is -0.683. The summed E-state index contributed by atoms with van der Waals surface area (Å²) in [7, 11) is -8.47. The summed E-state index contributed by atoms with van der Waals surface area (Å²) in [4.78, 5) is 23.6. The van der Waals surface area contributed by atoms with Crippen molar-refractivity contribution in [3.8, 4) is 16.9 Å². The SMILES string of the molecule is COCCOCCOCCOCCOCCOCCOP([O-])(=S)OCCOCN1CC(CCC(=O)Cc2ccc(-c3ccc(N=Nc4ccc5c(S(=O)(=O)O)cc(S(=O)(=O)O)c(N)c5c4O)c(C)c3)cc2C)N=N1. The van der Waals surface area contributed by atoms with Crippen molar-refractivity contribution in [1.82, 2.24) is 5.01 Å². The minimum atomic E-state index is -5.07. The fourth-order valence-corrected chi connectivity index (χ4v) is 9.71. The first kappa shape index (κ1) is 60.3. The van der Waals surface area contributed by atoms with E-state index < -0.39 is 53.6 Å². The Morgan fingerprint density at radius 1 is 0.743 bits per heavy atom. The number of azo groups is 1. The van der Waals surface area contributed by atoms with Crippen LogP contribution in [-0.2, 0) is 85.5 Å². The molecule has 0 aromatic heterocycles. The molecule has 0 aliphatic carbocycles. The Labute approximate surface area is 434 Å². The lowest BCUT2D eigenvalue weighted by Crippen LogP contribution is -2.25. The van der Waals surface area contributed by atoms with Crippen molar-refractivity contribution < 1.29 is 82.9 Å². The average Bonchev–Trinajstić information content (AvgIpc) is 3.80. The number of fused-ring (bicyclic) bond motifs is 1. The molecule has 1 aliphatic heterocycles. The number of hydrogen-bond donors (Lipinski definition) is 4. The van der Waals surface area contributed by atoms with Gasteiger partial charge in [0.2, 0.25) is 0 Å². The number of rotatable bonds is 35. The third-order valence-corrected chi connectivity index (χ3v) is 14.4. The Bertz CT molecular complexity index is 2840. The van der Waals surface area contributed by atoms with Gasteiger partial charge in [0.05, 0.1) is 122 Å². The summed E-state index contributed by atoms with van der Waals surface area (Å²) in [5.41, 5.74) is 9.72. The van der Waals surface area contributed by atoms with Gasteiger partial charge in [0.25, 0.3) is 20.2 Å². The maximum atomic E-state index is 13.1. The molecule has 0 amide bonds. The first-order chi connectivity index (χ1) is 35.3. The first-order valence-electron chi connectivity index (χ1n) is 23.2. The van der Waals surface area contributed by atoms with Gasteiger partial charge in [-0.05, 0) is 72.4 Å². The number of nitrogen functional groups attached to an aromatic ring is 1. The second-order valence-corrected chi connectivity index (χ2v) is 22.0. The van der Waals surface area contributed by atoms with Crippen LogP contribution in [0.25, 0.3) is 21.9 Å². The number of phenolic OH excluding ortho intramolecular Hbond substituents is 1. The molecule has 4 aromatic carbocycles. The molecule has 5 rings (SSSR count). The van der Waals surface area contributed by atoms with E-state index in [0.717, 1.165) is 28.3 Å². The summed E-state index contributed by atoms with van der Waals surface area (Å²) >= 11 is 4.94. The number of nitrogens with zero attached hydrogens (tertiary/aromatic N) is 5. The predicted molar refractivity (Wildman–Crippen MR) is 271 cm³/mol. The van der Waals surface area contributed by atoms with E-state index in [1.807, 2.05) is 37.3 Å². The molecule has 0 bridgehead atoms. The number of phenols is 1. The third kappa shape index (κ3) is 19.6. The zero-order valence-electron chi connectivity index (χ0n) is 41.2. The van der Waals surface area contributed by atoms with Crippen LogP contribution in [0.15, 0.2) is 85.0 Å². The summed E-state index contributed by atoms with van der Waals surface area (Å²) < 4.78 is 115. The van der Waals surface area contributed by atoms with Crippen molar-refractivity contribution in [3.05, 3.63) is 71.3 Å². The van der Waals surface area contributed by atoms with E-state index >= 15 is 0 Å². The summed E-state index contributed by atoms with van der Waals surface area (Å²) in [6, 6.07) is 13.9. The van der Waals surface area contributed by atoms with Gasteiger partial charge in [-0.25, -0.2) is 0 Å². The topological polar surface area (TPSA) is 331 Å². The lowest BCUT2D eigenvalue weighted by Gasteiger charge is -2.27. The van der Waals surface area contributed by atoms with Crippen molar-refractivity contribution in [1.29, 1.82) is 0 Å². The standard InChI is InChI=1S/C46H63N6O18PS3/c1-32-26-35(36-6-10-40(33(2)27-36)49-50-41-11-9-39-42(73(56,57)58)29-43(74(59,60)61)45(47)44(39)46(41)54)5-4-34(32)28-38(53)8-7-37-30-52(51-48-37)31-68-23-25-70-71(55,72)69-24-22-67-21-20-66-19-18-65-17-16-64-15-14-63-13-12-62-3/h4-6,9-11,26-27,29,37,54H,7-8,12-25,28,30-31,47H2,1-3H3,(H,55,72)(H,56,57,58)(H,59,60,61)/p-1. The number of carbonyl (C=O) groups excluding carboxylic acids is 1. The minimum absolute atomic E-state index is 0.0174. The first-order valence-corrected chi connectivity index (χ1v) is 28.6. The molecule has 0 radical (unpaired) electrons. The Balaban J connectivity index is 0.947. The molecule has 0 spiro atoms. The second-order valence-electron chi connectivity index (χ2n) is 16.4. The van der Waals surface area contributed by atoms with Gasteiger partial charge in [0, 0.05) is 25.3 Å². The van der Waals surface area contributed by atoms with Gasteiger partial charge < -0.3 is 57.9 Å². The average molecular weight is 1110 g/mol. The van der Waals surface area contributed by atoms with Crippen LogP contribution in [0.4, 0.5) is 17.1 Å². The molecule has 4 aromatic rings. The Hall–Kier alpha value is -4.52. The number of carbonyl (C=O) groups is 1. The van der Waals surface area contributed by atoms with Gasteiger partial charge in [0.15, 0.2) is 5.75 Å². The molecule has 0 fully saturated rings. The van der Waals surface area contributed by atoms with Crippen LogP contribution in [0.1, 0.15) is 29.5 Å². The number of benzene rings is 4. The van der Waals surface area contributed by atoms with E-state index in [0.29, 0.717) is 103 Å². The van der Waals surface area contributed by atoms with Crippen LogP contribution in [0, 0.1) is 13.8 Å². The smallest absolute Gasteiger partial charge is 0.296 e. The van der Waals surface area contributed by atoms with Crippen molar-refractivity contribution in [2.24, 2.45) is 20.6 Å². The molecule has 2 atom stereocenters. The van der Waals surface area contributed by atoms with Crippen LogP contribution in [0.2, 0.25) is 0 Å². The van der Waals surface area contributed by atoms with Crippen LogP contribution in [0.5, 0.6) is 5.75 Å². The number of aryl methyl sites for hydroxylation is 2. The van der Waals surface area contributed by atoms with E-state index in [-0.39, 0.29) is 62.5 Å². The highest BCUT2D eigenvalue weighted by Gasteiger charge is 2.27. The van der Waals surface area contributed by atoms with Gasteiger partial charge in [-0.15, -0.1) is 5.11 Å². The number of aromatic hydroxyl groups is 1. The lowest BCUT2D eigenvalue weighted by atomic mass is 9.95. The number of ether oxygens (including phenoxy) is 7. The maximum absolute atomic E-state index is 13.1. The number of hydrogen-bond acceptors (Lipinski definition) is 23. The summed E-state index contributed by atoms with van der Waals surface area (Å²) in [5, 5.41) is 28.5. The maximum Gasteiger partial charge on any atom is 0.296 e. The number of methoxy groups -OCH3 is 1. The van der Waals surface area contributed by atoms with Crippen LogP contribution >= 0.6 is 6.72 Å². The molecule has 1 aliphatic rings. The van der Waals surface area contributed by atoms with E-state index in [9.17, 15) is 40.7 Å². The Morgan fingerprint density at radius 2 is 1.26 bits per heavy atom. The van der Waals surface area contributed by atoms with Crippen LogP contribution < -0.4 is 10.6 Å². The number of Topliss-reactive ketones (excluding diaryl/α,β-unsaturated/α-hetero) is 1.